The minimum absolute atomic E-state index is 0.0128. The Morgan fingerprint density at radius 3 is 2.79 bits per heavy atom. The summed E-state index contributed by atoms with van der Waals surface area (Å²) in [5.41, 5.74) is 5.84. The first-order chi connectivity index (χ1) is 6.54. The van der Waals surface area contributed by atoms with Crippen LogP contribution >= 0.6 is 0 Å². The molecule has 0 aromatic rings. The van der Waals surface area contributed by atoms with Gasteiger partial charge in [-0.2, -0.15) is 0 Å². The average molecular weight is 200 g/mol. The number of carbonyl (C=O) groups is 1. The number of aliphatic hydroxyl groups excluding tert-OH is 1. The van der Waals surface area contributed by atoms with Crippen LogP contribution in [0.15, 0.2) is 0 Å². The molecule has 3 N–H and O–H groups in total. The van der Waals surface area contributed by atoms with Gasteiger partial charge in [-0.25, -0.2) is 0 Å². The molecule has 4 nitrogen and oxygen atoms in total. The van der Waals surface area contributed by atoms with Crippen molar-refractivity contribution < 1.29 is 9.90 Å². The molecule has 3 unspecified atom stereocenters. The summed E-state index contributed by atoms with van der Waals surface area (Å²) < 4.78 is 0. The number of nitrogens with zero attached hydrogens (tertiary/aromatic N) is 1. The SMILES string of the molecule is CCC(O)C1CC(N)CN(C(C)=O)C1. The summed E-state index contributed by atoms with van der Waals surface area (Å²) in [5.74, 6) is 0.195. The van der Waals surface area contributed by atoms with E-state index in [4.69, 9.17) is 5.73 Å². The number of hydrogen-bond donors (Lipinski definition) is 2. The molecule has 0 aromatic heterocycles. The molecule has 0 saturated carbocycles. The highest BCUT2D eigenvalue weighted by atomic mass is 16.3. The molecule has 0 radical (unpaired) electrons. The van der Waals surface area contributed by atoms with Gasteiger partial charge >= 0.3 is 0 Å². The molecule has 1 fully saturated rings. The lowest BCUT2D eigenvalue weighted by molar-refractivity contribution is -0.131. The number of aliphatic hydroxyl groups is 1. The Kier molecular flexibility index (Phi) is 3.89. The Morgan fingerprint density at radius 1 is 1.64 bits per heavy atom. The number of carbonyl (C=O) groups excluding carboxylic acids is 1. The van der Waals surface area contributed by atoms with Gasteiger partial charge in [0.15, 0.2) is 0 Å². The van der Waals surface area contributed by atoms with Crippen molar-refractivity contribution in [3.05, 3.63) is 0 Å². The normalized spacial score (nSPS) is 30.1. The van der Waals surface area contributed by atoms with E-state index in [0.29, 0.717) is 13.1 Å². The molecular formula is C10H20N2O2. The van der Waals surface area contributed by atoms with Gasteiger partial charge in [-0.1, -0.05) is 6.92 Å². The second kappa shape index (κ2) is 4.75. The fraction of sp³-hybridized carbons (Fsp3) is 0.900. The number of amides is 1. The number of nitrogens with two attached hydrogens (primary N) is 1. The zero-order valence-electron chi connectivity index (χ0n) is 8.94. The highest BCUT2D eigenvalue weighted by Crippen LogP contribution is 2.20. The van der Waals surface area contributed by atoms with E-state index in [1.54, 1.807) is 11.8 Å². The van der Waals surface area contributed by atoms with E-state index in [-0.39, 0.29) is 24.0 Å². The predicted molar refractivity (Wildman–Crippen MR) is 54.6 cm³/mol. The molecule has 0 aliphatic carbocycles. The van der Waals surface area contributed by atoms with Crippen molar-refractivity contribution in [2.45, 2.75) is 38.8 Å². The molecule has 14 heavy (non-hydrogen) atoms. The molecular weight excluding hydrogens is 180 g/mol. The summed E-state index contributed by atoms with van der Waals surface area (Å²) in [5, 5.41) is 9.71. The maximum absolute atomic E-state index is 11.2. The summed E-state index contributed by atoms with van der Waals surface area (Å²) in [6.45, 7) is 4.77. The Hall–Kier alpha value is -0.610. The molecule has 1 aliphatic rings. The van der Waals surface area contributed by atoms with Crippen molar-refractivity contribution in [2.75, 3.05) is 13.1 Å². The van der Waals surface area contributed by atoms with Crippen LogP contribution in [0.5, 0.6) is 0 Å². The van der Waals surface area contributed by atoms with Crippen LogP contribution in [0, 0.1) is 5.92 Å². The number of rotatable bonds is 2. The van der Waals surface area contributed by atoms with Gasteiger partial charge in [0.05, 0.1) is 6.10 Å². The number of piperidine rings is 1. The fourth-order valence-electron chi connectivity index (χ4n) is 2.05. The van der Waals surface area contributed by atoms with Gasteiger partial charge in [0.25, 0.3) is 0 Å². The topological polar surface area (TPSA) is 66.6 Å². The first-order valence-electron chi connectivity index (χ1n) is 5.23. The maximum atomic E-state index is 11.2. The van der Waals surface area contributed by atoms with Crippen LogP contribution in [0.1, 0.15) is 26.7 Å². The third-order valence-electron chi connectivity index (χ3n) is 2.92. The van der Waals surface area contributed by atoms with Crippen LogP contribution in [0.2, 0.25) is 0 Å². The summed E-state index contributed by atoms with van der Waals surface area (Å²) >= 11 is 0. The zero-order valence-corrected chi connectivity index (χ0v) is 8.94. The second-order valence-corrected chi connectivity index (χ2v) is 4.16. The van der Waals surface area contributed by atoms with E-state index in [2.05, 4.69) is 0 Å². The van der Waals surface area contributed by atoms with Crippen LogP contribution in [-0.4, -0.2) is 41.1 Å². The van der Waals surface area contributed by atoms with Crippen LogP contribution in [0.4, 0.5) is 0 Å². The van der Waals surface area contributed by atoms with Crippen molar-refractivity contribution in [1.82, 2.24) is 4.90 Å². The largest absolute Gasteiger partial charge is 0.393 e. The van der Waals surface area contributed by atoms with Crippen LogP contribution in [0.25, 0.3) is 0 Å². The van der Waals surface area contributed by atoms with Crippen LogP contribution < -0.4 is 5.73 Å². The van der Waals surface area contributed by atoms with E-state index < -0.39 is 0 Å². The van der Waals surface area contributed by atoms with E-state index >= 15 is 0 Å². The van der Waals surface area contributed by atoms with Gasteiger partial charge in [-0.3, -0.25) is 4.79 Å². The van der Waals surface area contributed by atoms with Crippen molar-refractivity contribution in [1.29, 1.82) is 0 Å². The van der Waals surface area contributed by atoms with Gasteiger partial charge in [0.1, 0.15) is 0 Å². The monoisotopic (exact) mass is 200 g/mol. The van der Waals surface area contributed by atoms with Crippen molar-refractivity contribution in [2.24, 2.45) is 11.7 Å². The standard InChI is InChI=1S/C10H20N2O2/c1-3-10(14)8-4-9(11)6-12(5-8)7(2)13/h8-10,14H,3-6,11H2,1-2H3. The summed E-state index contributed by atoms with van der Waals surface area (Å²) in [6.07, 6.45) is 1.21. The third-order valence-corrected chi connectivity index (χ3v) is 2.92. The lowest BCUT2D eigenvalue weighted by Crippen LogP contribution is -2.51. The van der Waals surface area contributed by atoms with Crippen molar-refractivity contribution in [3.8, 4) is 0 Å². The molecule has 1 saturated heterocycles. The van der Waals surface area contributed by atoms with E-state index in [1.807, 2.05) is 6.92 Å². The molecule has 0 aromatic carbocycles. The molecule has 0 spiro atoms. The van der Waals surface area contributed by atoms with E-state index in [9.17, 15) is 9.90 Å². The van der Waals surface area contributed by atoms with Gasteiger partial charge in [0.2, 0.25) is 5.91 Å². The second-order valence-electron chi connectivity index (χ2n) is 4.16. The molecule has 0 bridgehead atoms. The number of hydrogen-bond acceptors (Lipinski definition) is 3. The first-order valence-corrected chi connectivity index (χ1v) is 5.23. The zero-order chi connectivity index (χ0) is 10.7. The Bertz CT molecular complexity index is 208. The molecule has 1 amide bonds. The highest BCUT2D eigenvalue weighted by Gasteiger charge is 2.30. The van der Waals surface area contributed by atoms with Crippen molar-refractivity contribution >= 4 is 5.91 Å². The van der Waals surface area contributed by atoms with Gasteiger partial charge in [-0.15, -0.1) is 0 Å². The highest BCUT2D eigenvalue weighted by molar-refractivity contribution is 5.73. The predicted octanol–water partition coefficient (Wildman–Crippen LogP) is -0.0470. The first kappa shape index (κ1) is 11.5. The lowest BCUT2D eigenvalue weighted by Gasteiger charge is -2.37. The van der Waals surface area contributed by atoms with E-state index in [1.165, 1.54) is 0 Å². The quantitative estimate of drug-likeness (QED) is 0.657. The van der Waals surface area contributed by atoms with Crippen LogP contribution in [0.3, 0.4) is 0 Å². The lowest BCUT2D eigenvalue weighted by atomic mass is 9.89. The minimum Gasteiger partial charge on any atom is -0.393 e. The molecule has 4 heteroatoms. The Balaban J connectivity index is 2.58. The smallest absolute Gasteiger partial charge is 0.219 e. The molecule has 1 aliphatic heterocycles. The van der Waals surface area contributed by atoms with Crippen molar-refractivity contribution in [3.63, 3.8) is 0 Å². The molecule has 82 valence electrons. The number of likely N-dealkylation sites (tertiary alicyclic amines) is 1. The average Bonchev–Trinajstić information content (AvgIpc) is 2.15. The molecule has 1 heterocycles. The van der Waals surface area contributed by atoms with Gasteiger partial charge < -0.3 is 15.7 Å². The van der Waals surface area contributed by atoms with Gasteiger partial charge in [0, 0.05) is 32.0 Å². The Morgan fingerprint density at radius 2 is 2.29 bits per heavy atom. The minimum atomic E-state index is -0.330. The summed E-state index contributed by atoms with van der Waals surface area (Å²) in [7, 11) is 0. The van der Waals surface area contributed by atoms with Crippen LogP contribution in [-0.2, 0) is 4.79 Å². The summed E-state index contributed by atoms with van der Waals surface area (Å²) in [6, 6.07) is 0.0128. The Labute approximate surface area is 85.1 Å². The fourth-order valence-corrected chi connectivity index (χ4v) is 2.05. The molecule has 1 rings (SSSR count). The van der Waals surface area contributed by atoms with E-state index in [0.717, 1.165) is 12.8 Å². The van der Waals surface area contributed by atoms with Gasteiger partial charge in [-0.05, 0) is 12.8 Å². The molecule has 3 atom stereocenters. The maximum Gasteiger partial charge on any atom is 0.219 e. The summed E-state index contributed by atoms with van der Waals surface area (Å²) in [4.78, 5) is 12.9. The third kappa shape index (κ3) is 2.69.